The molecule has 4 nitrogen and oxygen atoms in total. The third kappa shape index (κ3) is 4.70. The van der Waals surface area contributed by atoms with E-state index in [9.17, 15) is 13.6 Å². The monoisotopic (exact) mass is 405 g/mol. The zero-order valence-electron chi connectivity index (χ0n) is 14.5. The minimum Gasteiger partial charge on any atom is -0.318 e. The first-order valence-corrected chi connectivity index (χ1v) is 10.2. The van der Waals surface area contributed by atoms with Gasteiger partial charge in [-0.05, 0) is 30.4 Å². The van der Waals surface area contributed by atoms with Crippen LogP contribution in [0.25, 0.3) is 10.6 Å². The third-order valence-corrected chi connectivity index (χ3v) is 5.72. The Morgan fingerprint density at radius 1 is 1.26 bits per heavy atom. The largest absolute Gasteiger partial charge is 0.318 e. The Balaban J connectivity index is 1.78. The van der Waals surface area contributed by atoms with Gasteiger partial charge in [-0.2, -0.15) is 0 Å². The average molecular weight is 405 g/mol. The molecule has 0 aliphatic rings. The molecule has 2 aromatic heterocycles. The quantitative estimate of drug-likeness (QED) is 0.409. The molecule has 0 saturated carbocycles. The first kappa shape index (κ1) is 19.4. The second-order valence-electron chi connectivity index (χ2n) is 5.66. The molecule has 0 radical (unpaired) electrons. The van der Waals surface area contributed by atoms with Crippen LogP contribution in [0, 0.1) is 11.6 Å². The number of benzene rings is 1. The first-order chi connectivity index (χ1) is 13.1. The summed E-state index contributed by atoms with van der Waals surface area (Å²) >= 11 is 2.66. The number of hydrogen-bond donors (Lipinski definition) is 1. The molecule has 0 aliphatic heterocycles. The van der Waals surface area contributed by atoms with Gasteiger partial charge in [0.15, 0.2) is 0 Å². The second-order valence-corrected chi connectivity index (χ2v) is 7.66. The number of hydrogen-bond acceptors (Lipinski definition) is 5. The lowest BCUT2D eigenvalue weighted by Gasteiger charge is -2.09. The molecule has 3 rings (SSSR count). The summed E-state index contributed by atoms with van der Waals surface area (Å²) in [5, 5.41) is 4.39. The van der Waals surface area contributed by atoms with E-state index >= 15 is 0 Å². The van der Waals surface area contributed by atoms with Gasteiger partial charge in [-0.25, -0.2) is 13.8 Å². The summed E-state index contributed by atoms with van der Waals surface area (Å²) in [4.78, 5) is 21.6. The van der Waals surface area contributed by atoms with Gasteiger partial charge >= 0.3 is 0 Å². The van der Waals surface area contributed by atoms with Crippen LogP contribution < -0.4 is 5.32 Å². The van der Waals surface area contributed by atoms with Crippen LogP contribution in [0.3, 0.4) is 0 Å². The van der Waals surface area contributed by atoms with Crippen LogP contribution in [0.15, 0.2) is 46.9 Å². The zero-order valence-corrected chi connectivity index (χ0v) is 16.2. The van der Waals surface area contributed by atoms with Gasteiger partial charge < -0.3 is 5.32 Å². The number of pyridine rings is 1. The number of thioether (sulfide) groups is 1. The summed E-state index contributed by atoms with van der Waals surface area (Å²) in [7, 11) is 0. The number of unbranched alkanes of at least 4 members (excludes halogenated alkanes) is 1. The molecule has 0 aliphatic carbocycles. The van der Waals surface area contributed by atoms with Crippen molar-refractivity contribution in [1.82, 2.24) is 9.97 Å². The number of thiazole rings is 1. The van der Waals surface area contributed by atoms with Crippen LogP contribution in [-0.4, -0.2) is 21.6 Å². The summed E-state index contributed by atoms with van der Waals surface area (Å²) in [6.45, 7) is 2.12. The average Bonchev–Trinajstić information content (AvgIpc) is 3.13. The minimum absolute atomic E-state index is 0.103. The molecule has 0 fully saturated rings. The first-order valence-electron chi connectivity index (χ1n) is 8.38. The van der Waals surface area contributed by atoms with Crippen LogP contribution >= 0.6 is 23.1 Å². The number of anilines is 1. The Morgan fingerprint density at radius 3 is 2.78 bits per heavy atom. The van der Waals surface area contributed by atoms with Crippen LogP contribution in [0.4, 0.5) is 14.5 Å². The highest BCUT2D eigenvalue weighted by atomic mass is 32.2. The fraction of sp³-hybridized carbons (Fsp3) is 0.211. The maximum absolute atomic E-state index is 13.9. The Morgan fingerprint density at radius 2 is 2.04 bits per heavy atom. The predicted molar refractivity (Wildman–Crippen MR) is 105 cm³/mol. The summed E-state index contributed by atoms with van der Waals surface area (Å²) in [6, 6.07) is 5.46. The van der Waals surface area contributed by atoms with Gasteiger partial charge in [-0.1, -0.05) is 19.4 Å². The number of halogens is 2. The van der Waals surface area contributed by atoms with Gasteiger partial charge in [-0.3, -0.25) is 9.78 Å². The van der Waals surface area contributed by atoms with E-state index in [1.54, 1.807) is 24.2 Å². The Bertz CT molecular complexity index is 926. The van der Waals surface area contributed by atoms with Crippen molar-refractivity contribution in [3.05, 3.63) is 59.4 Å². The highest BCUT2D eigenvalue weighted by molar-refractivity contribution is 7.99. The number of amides is 1. The molecule has 1 amide bonds. The molecule has 0 saturated heterocycles. The number of rotatable bonds is 7. The standard InChI is InChI=1S/C19H17F2N3OS2/c1-2-3-9-26-16-7-8-22-10-14(16)23-18(25)15-11-27-19(24-15)17-12(20)5-4-6-13(17)21/h4-8,10-11H,2-3,9H2,1H3,(H,23,25). The number of nitrogens with one attached hydrogen (secondary N) is 1. The van der Waals surface area contributed by atoms with Crippen molar-refractivity contribution in [3.63, 3.8) is 0 Å². The Labute approximate surface area is 164 Å². The van der Waals surface area contributed by atoms with E-state index in [0.717, 1.165) is 47.0 Å². The van der Waals surface area contributed by atoms with E-state index in [1.165, 1.54) is 11.4 Å². The molecular formula is C19H17F2N3OS2. The normalized spacial score (nSPS) is 10.8. The summed E-state index contributed by atoms with van der Waals surface area (Å²) in [6.07, 6.45) is 5.42. The zero-order chi connectivity index (χ0) is 19.2. The molecule has 27 heavy (non-hydrogen) atoms. The Kier molecular flexibility index (Phi) is 6.52. The summed E-state index contributed by atoms with van der Waals surface area (Å²) in [5.74, 6) is -0.924. The fourth-order valence-corrected chi connectivity index (χ4v) is 4.23. The summed E-state index contributed by atoms with van der Waals surface area (Å²) in [5.41, 5.74) is 0.472. The van der Waals surface area contributed by atoms with Gasteiger partial charge in [0.25, 0.3) is 5.91 Å². The van der Waals surface area contributed by atoms with E-state index < -0.39 is 17.5 Å². The molecule has 3 aromatic rings. The van der Waals surface area contributed by atoms with Crippen LogP contribution in [-0.2, 0) is 0 Å². The molecule has 2 heterocycles. The van der Waals surface area contributed by atoms with Gasteiger partial charge in [0.2, 0.25) is 0 Å². The van der Waals surface area contributed by atoms with Crippen molar-refractivity contribution in [3.8, 4) is 10.6 Å². The predicted octanol–water partition coefficient (Wildman–Crippen LogP) is 5.63. The van der Waals surface area contributed by atoms with E-state index in [0.29, 0.717) is 5.69 Å². The molecule has 140 valence electrons. The number of carbonyl (C=O) groups is 1. The number of nitrogens with zero attached hydrogens (tertiary/aromatic N) is 2. The lowest BCUT2D eigenvalue weighted by atomic mass is 10.2. The topological polar surface area (TPSA) is 54.9 Å². The maximum atomic E-state index is 13.9. The van der Waals surface area contributed by atoms with Crippen molar-refractivity contribution in [2.24, 2.45) is 0 Å². The van der Waals surface area contributed by atoms with Crippen LogP contribution in [0.2, 0.25) is 0 Å². The van der Waals surface area contributed by atoms with Crippen molar-refractivity contribution in [2.45, 2.75) is 24.7 Å². The molecule has 0 atom stereocenters. The smallest absolute Gasteiger partial charge is 0.275 e. The third-order valence-electron chi connectivity index (χ3n) is 3.70. The molecular weight excluding hydrogens is 388 g/mol. The highest BCUT2D eigenvalue weighted by Crippen LogP contribution is 2.30. The molecule has 0 bridgehead atoms. The summed E-state index contributed by atoms with van der Waals surface area (Å²) < 4.78 is 27.8. The van der Waals surface area contributed by atoms with Crippen LogP contribution in [0.1, 0.15) is 30.3 Å². The lowest BCUT2D eigenvalue weighted by Crippen LogP contribution is -2.13. The van der Waals surface area contributed by atoms with Gasteiger partial charge in [0.1, 0.15) is 22.3 Å². The minimum atomic E-state index is -0.710. The van der Waals surface area contributed by atoms with Crippen LogP contribution in [0.5, 0.6) is 0 Å². The van der Waals surface area contributed by atoms with Crippen molar-refractivity contribution >= 4 is 34.7 Å². The maximum Gasteiger partial charge on any atom is 0.275 e. The van der Waals surface area contributed by atoms with Crippen molar-refractivity contribution in [1.29, 1.82) is 0 Å². The van der Waals surface area contributed by atoms with E-state index in [1.807, 2.05) is 6.07 Å². The SMILES string of the molecule is CCCCSc1ccncc1NC(=O)c1csc(-c2c(F)cccc2F)n1. The molecule has 1 aromatic carbocycles. The number of carbonyl (C=O) groups excluding carboxylic acids is 1. The molecule has 0 spiro atoms. The van der Waals surface area contributed by atoms with Crippen molar-refractivity contribution in [2.75, 3.05) is 11.1 Å². The molecule has 1 N–H and O–H groups in total. The molecule has 8 heteroatoms. The van der Waals surface area contributed by atoms with E-state index in [2.05, 4.69) is 22.2 Å². The van der Waals surface area contributed by atoms with Gasteiger partial charge in [0, 0.05) is 16.5 Å². The highest BCUT2D eigenvalue weighted by Gasteiger charge is 2.18. The second kappa shape index (κ2) is 9.05. The Hall–Kier alpha value is -2.32. The molecule has 0 unspecified atom stereocenters. The fourth-order valence-electron chi connectivity index (χ4n) is 2.31. The lowest BCUT2D eigenvalue weighted by molar-refractivity contribution is 0.102. The van der Waals surface area contributed by atoms with E-state index in [4.69, 9.17) is 0 Å². The van der Waals surface area contributed by atoms with Gasteiger partial charge in [0.05, 0.1) is 17.4 Å². The van der Waals surface area contributed by atoms with Crippen molar-refractivity contribution < 1.29 is 13.6 Å². The van der Waals surface area contributed by atoms with E-state index in [-0.39, 0.29) is 16.3 Å². The number of aromatic nitrogens is 2. The van der Waals surface area contributed by atoms with Gasteiger partial charge in [-0.15, -0.1) is 23.1 Å².